The topological polar surface area (TPSA) is 98.5 Å². The van der Waals surface area contributed by atoms with Crippen LogP contribution in [0.5, 0.6) is 0 Å². The van der Waals surface area contributed by atoms with Crippen LogP contribution < -0.4 is 11.1 Å². The Hall–Kier alpha value is -2.70. The van der Waals surface area contributed by atoms with Gasteiger partial charge in [-0.3, -0.25) is 10.1 Å². The van der Waals surface area contributed by atoms with Crippen molar-refractivity contribution in [2.75, 3.05) is 0 Å². The molecule has 0 spiro atoms. The van der Waals surface area contributed by atoms with E-state index < -0.39 is 29.8 Å². The minimum atomic E-state index is -1.16. The molecule has 0 saturated carbocycles. The van der Waals surface area contributed by atoms with E-state index in [0.717, 1.165) is 6.08 Å². The Kier molecular flexibility index (Phi) is 6.25. The first-order valence-corrected chi connectivity index (χ1v) is 6.54. The predicted molar refractivity (Wildman–Crippen MR) is 77.9 cm³/mol. The molecule has 1 unspecified atom stereocenters. The van der Waals surface area contributed by atoms with Crippen molar-refractivity contribution >= 4 is 24.0 Å². The van der Waals surface area contributed by atoms with Gasteiger partial charge in [0.05, 0.1) is 0 Å². The number of esters is 1. The lowest BCUT2D eigenvalue weighted by atomic mass is 10.1. The first-order valence-electron chi connectivity index (χ1n) is 6.54. The van der Waals surface area contributed by atoms with Crippen LogP contribution in [0.25, 0.3) is 6.08 Å². The van der Waals surface area contributed by atoms with E-state index in [9.17, 15) is 18.8 Å². The summed E-state index contributed by atoms with van der Waals surface area (Å²) in [6.45, 7) is 3.30. The second-order valence-electron chi connectivity index (χ2n) is 4.84. The van der Waals surface area contributed by atoms with Crippen LogP contribution in [0.3, 0.4) is 0 Å². The summed E-state index contributed by atoms with van der Waals surface area (Å²) >= 11 is 0. The highest BCUT2D eigenvalue weighted by Crippen LogP contribution is 2.09. The second-order valence-corrected chi connectivity index (χ2v) is 4.84. The molecule has 0 aliphatic heterocycles. The van der Waals surface area contributed by atoms with E-state index in [4.69, 9.17) is 10.5 Å². The molecule has 0 bridgehead atoms. The van der Waals surface area contributed by atoms with Gasteiger partial charge in [-0.2, -0.15) is 0 Å². The van der Waals surface area contributed by atoms with Gasteiger partial charge in [0.25, 0.3) is 5.91 Å². The average Bonchev–Trinajstić information content (AvgIpc) is 2.41. The second kappa shape index (κ2) is 7.92. The van der Waals surface area contributed by atoms with Gasteiger partial charge in [-0.05, 0) is 29.7 Å². The van der Waals surface area contributed by atoms with Crippen LogP contribution in [0.4, 0.5) is 9.18 Å². The summed E-state index contributed by atoms with van der Waals surface area (Å²) in [4.78, 5) is 34.1. The third-order valence-electron chi connectivity index (χ3n) is 2.61. The number of hydrogen-bond donors (Lipinski definition) is 2. The zero-order chi connectivity index (χ0) is 16.7. The molecule has 0 radical (unpaired) electrons. The molecule has 0 aliphatic carbocycles. The summed E-state index contributed by atoms with van der Waals surface area (Å²) < 4.78 is 18.0. The Balaban J connectivity index is 2.71. The molecule has 1 aromatic rings. The van der Waals surface area contributed by atoms with Gasteiger partial charge in [-0.15, -0.1) is 0 Å². The van der Waals surface area contributed by atoms with E-state index >= 15 is 0 Å². The van der Waals surface area contributed by atoms with E-state index in [1.54, 1.807) is 19.9 Å². The van der Waals surface area contributed by atoms with Crippen molar-refractivity contribution in [3.8, 4) is 0 Å². The Bertz CT molecular complexity index is 599. The highest BCUT2D eigenvalue weighted by molar-refractivity contribution is 5.97. The SMILES string of the molecule is CC(C)C(OC(=O)C=Cc1cccc(F)c1)C(=O)NC(N)=O. The summed E-state index contributed by atoms with van der Waals surface area (Å²) in [6.07, 6.45) is 1.27. The quantitative estimate of drug-likeness (QED) is 0.637. The van der Waals surface area contributed by atoms with Gasteiger partial charge in [0.15, 0.2) is 6.10 Å². The van der Waals surface area contributed by atoms with E-state index in [2.05, 4.69) is 0 Å². The van der Waals surface area contributed by atoms with E-state index in [1.807, 2.05) is 5.32 Å². The predicted octanol–water partition coefficient (Wildman–Crippen LogP) is 1.60. The molecule has 22 heavy (non-hydrogen) atoms. The number of ether oxygens (including phenoxy) is 1. The molecule has 0 heterocycles. The first kappa shape index (κ1) is 17.4. The van der Waals surface area contributed by atoms with Crippen molar-refractivity contribution in [2.45, 2.75) is 20.0 Å². The van der Waals surface area contributed by atoms with Gasteiger partial charge in [-0.1, -0.05) is 26.0 Å². The van der Waals surface area contributed by atoms with Crippen molar-refractivity contribution in [2.24, 2.45) is 11.7 Å². The summed E-state index contributed by atoms with van der Waals surface area (Å²) in [7, 11) is 0. The summed E-state index contributed by atoms with van der Waals surface area (Å²) in [5.41, 5.74) is 5.32. The van der Waals surface area contributed by atoms with Crippen molar-refractivity contribution < 1.29 is 23.5 Å². The number of hydrogen-bond acceptors (Lipinski definition) is 4. The summed E-state index contributed by atoms with van der Waals surface area (Å²) in [6, 6.07) is 4.59. The fourth-order valence-corrected chi connectivity index (χ4v) is 1.62. The fraction of sp³-hybridized carbons (Fsp3) is 0.267. The van der Waals surface area contributed by atoms with E-state index in [1.165, 1.54) is 24.3 Å². The van der Waals surface area contributed by atoms with Crippen LogP contribution in [0.15, 0.2) is 30.3 Å². The Morgan fingerprint density at radius 1 is 1.32 bits per heavy atom. The Labute approximate surface area is 127 Å². The molecule has 3 N–H and O–H groups in total. The number of benzene rings is 1. The highest BCUT2D eigenvalue weighted by Gasteiger charge is 2.26. The maximum absolute atomic E-state index is 13.0. The minimum absolute atomic E-state index is 0.356. The molecular formula is C15H17FN2O4. The lowest BCUT2D eigenvalue weighted by molar-refractivity contribution is -0.153. The molecule has 7 heteroatoms. The zero-order valence-electron chi connectivity index (χ0n) is 12.2. The fourth-order valence-electron chi connectivity index (χ4n) is 1.62. The third-order valence-corrected chi connectivity index (χ3v) is 2.61. The van der Waals surface area contributed by atoms with Crippen LogP contribution in [0, 0.1) is 11.7 Å². The van der Waals surface area contributed by atoms with Crippen LogP contribution in [-0.4, -0.2) is 24.0 Å². The lowest BCUT2D eigenvalue weighted by Crippen LogP contribution is -2.45. The van der Waals surface area contributed by atoms with Gasteiger partial charge in [0.2, 0.25) is 0 Å². The molecular weight excluding hydrogens is 291 g/mol. The van der Waals surface area contributed by atoms with Gasteiger partial charge < -0.3 is 10.5 Å². The highest BCUT2D eigenvalue weighted by atomic mass is 19.1. The van der Waals surface area contributed by atoms with E-state index in [-0.39, 0.29) is 5.92 Å². The van der Waals surface area contributed by atoms with Crippen molar-refractivity contribution in [3.63, 3.8) is 0 Å². The van der Waals surface area contributed by atoms with Crippen LogP contribution in [0.2, 0.25) is 0 Å². The number of rotatable bonds is 5. The maximum atomic E-state index is 13.0. The lowest BCUT2D eigenvalue weighted by Gasteiger charge is -2.18. The third kappa shape index (κ3) is 5.74. The van der Waals surface area contributed by atoms with E-state index in [0.29, 0.717) is 5.56 Å². The van der Waals surface area contributed by atoms with Crippen LogP contribution >= 0.6 is 0 Å². The molecule has 1 atom stereocenters. The number of carbonyl (C=O) groups excluding carboxylic acids is 3. The number of nitrogens with one attached hydrogen (secondary N) is 1. The molecule has 1 aromatic carbocycles. The van der Waals surface area contributed by atoms with Crippen LogP contribution in [0.1, 0.15) is 19.4 Å². The normalized spacial score (nSPS) is 12.2. The first-order chi connectivity index (χ1) is 10.3. The monoisotopic (exact) mass is 308 g/mol. The number of nitrogens with two attached hydrogens (primary N) is 1. The van der Waals surface area contributed by atoms with Crippen LogP contribution in [-0.2, 0) is 14.3 Å². The molecule has 0 aromatic heterocycles. The smallest absolute Gasteiger partial charge is 0.331 e. The summed E-state index contributed by atoms with van der Waals surface area (Å²) in [5.74, 6) is -2.38. The van der Waals surface area contributed by atoms with Gasteiger partial charge >= 0.3 is 12.0 Å². The largest absolute Gasteiger partial charge is 0.449 e. The standard InChI is InChI=1S/C15H17FN2O4/c1-9(2)13(14(20)18-15(17)21)22-12(19)7-6-10-4-3-5-11(16)8-10/h3-9,13H,1-2H3,(H3,17,18,20,21). The molecule has 1 rings (SSSR count). The maximum Gasteiger partial charge on any atom is 0.331 e. The number of imide groups is 1. The number of primary amides is 1. The number of carbonyl (C=O) groups is 3. The number of amides is 3. The van der Waals surface area contributed by atoms with Gasteiger partial charge in [0, 0.05) is 6.08 Å². The zero-order valence-corrected chi connectivity index (χ0v) is 12.2. The molecule has 6 nitrogen and oxygen atoms in total. The minimum Gasteiger partial charge on any atom is -0.449 e. The summed E-state index contributed by atoms with van der Waals surface area (Å²) in [5, 5.41) is 1.86. The number of urea groups is 1. The molecule has 3 amide bonds. The molecule has 0 saturated heterocycles. The average molecular weight is 308 g/mol. The van der Waals surface area contributed by atoms with Gasteiger partial charge in [0.1, 0.15) is 5.82 Å². The van der Waals surface area contributed by atoms with Crippen molar-refractivity contribution in [1.82, 2.24) is 5.32 Å². The number of halogens is 1. The molecule has 0 aliphatic rings. The van der Waals surface area contributed by atoms with Crippen molar-refractivity contribution in [1.29, 1.82) is 0 Å². The van der Waals surface area contributed by atoms with Crippen molar-refractivity contribution in [3.05, 3.63) is 41.7 Å². The van der Waals surface area contributed by atoms with Gasteiger partial charge in [-0.25, -0.2) is 14.0 Å². The molecule has 0 fully saturated rings. The Morgan fingerprint density at radius 3 is 2.55 bits per heavy atom. The molecule has 118 valence electrons. The Morgan fingerprint density at radius 2 is 2.00 bits per heavy atom.